The Morgan fingerprint density at radius 2 is 2.21 bits per heavy atom. The Bertz CT molecular complexity index is 304. The van der Waals surface area contributed by atoms with Gasteiger partial charge in [0.2, 0.25) is 11.8 Å². The van der Waals surface area contributed by atoms with Crippen molar-refractivity contribution >= 4 is 0 Å². The standard InChI is InChI=1S/C10H17N3O/c1-8-12-13-9(14-8)6-11-7-10(2)4-3-5-10/h11H,3-7H2,1-2H3. The Labute approximate surface area is 84.1 Å². The largest absolute Gasteiger partial charge is 0.424 e. The van der Waals surface area contributed by atoms with Gasteiger partial charge in [0.05, 0.1) is 6.54 Å². The van der Waals surface area contributed by atoms with Crippen molar-refractivity contribution in [3.05, 3.63) is 11.8 Å². The predicted molar refractivity (Wildman–Crippen MR) is 52.7 cm³/mol. The van der Waals surface area contributed by atoms with Crippen LogP contribution in [-0.4, -0.2) is 16.7 Å². The van der Waals surface area contributed by atoms with Crippen LogP contribution in [0.2, 0.25) is 0 Å². The molecule has 1 aliphatic carbocycles. The van der Waals surface area contributed by atoms with Crippen molar-refractivity contribution in [1.29, 1.82) is 0 Å². The Kier molecular flexibility index (Phi) is 2.54. The van der Waals surface area contributed by atoms with Gasteiger partial charge in [0.25, 0.3) is 0 Å². The van der Waals surface area contributed by atoms with Crippen LogP contribution < -0.4 is 5.32 Å². The smallest absolute Gasteiger partial charge is 0.230 e. The SMILES string of the molecule is Cc1nnc(CNCC2(C)CCC2)o1. The summed E-state index contributed by atoms with van der Waals surface area (Å²) in [5, 5.41) is 11.1. The van der Waals surface area contributed by atoms with E-state index in [2.05, 4.69) is 22.4 Å². The number of nitrogens with one attached hydrogen (secondary N) is 1. The summed E-state index contributed by atoms with van der Waals surface area (Å²) >= 11 is 0. The van der Waals surface area contributed by atoms with Gasteiger partial charge < -0.3 is 9.73 Å². The molecule has 0 amide bonds. The lowest BCUT2D eigenvalue weighted by atomic mass is 9.70. The van der Waals surface area contributed by atoms with Crippen LogP contribution in [0.5, 0.6) is 0 Å². The van der Waals surface area contributed by atoms with Crippen LogP contribution in [0.15, 0.2) is 4.42 Å². The van der Waals surface area contributed by atoms with E-state index in [-0.39, 0.29) is 0 Å². The Balaban J connectivity index is 1.72. The highest BCUT2D eigenvalue weighted by molar-refractivity contribution is 4.86. The van der Waals surface area contributed by atoms with Gasteiger partial charge >= 0.3 is 0 Å². The fourth-order valence-electron chi connectivity index (χ4n) is 1.84. The minimum Gasteiger partial charge on any atom is -0.424 e. The highest BCUT2D eigenvalue weighted by Gasteiger charge is 2.30. The maximum absolute atomic E-state index is 5.27. The molecule has 1 N–H and O–H groups in total. The minimum atomic E-state index is 0.509. The fourth-order valence-corrected chi connectivity index (χ4v) is 1.84. The maximum atomic E-state index is 5.27. The van der Waals surface area contributed by atoms with Gasteiger partial charge in [-0.2, -0.15) is 0 Å². The van der Waals surface area contributed by atoms with Crippen molar-refractivity contribution in [3.8, 4) is 0 Å². The van der Waals surface area contributed by atoms with E-state index < -0.39 is 0 Å². The zero-order valence-corrected chi connectivity index (χ0v) is 8.84. The molecule has 78 valence electrons. The van der Waals surface area contributed by atoms with Crippen LogP contribution in [0.25, 0.3) is 0 Å². The van der Waals surface area contributed by atoms with Crippen LogP contribution >= 0.6 is 0 Å². The molecule has 1 aliphatic rings. The summed E-state index contributed by atoms with van der Waals surface area (Å²) < 4.78 is 5.27. The second-order valence-corrected chi connectivity index (χ2v) is 4.48. The lowest BCUT2D eigenvalue weighted by molar-refractivity contribution is 0.155. The minimum absolute atomic E-state index is 0.509. The molecule has 2 rings (SSSR count). The van der Waals surface area contributed by atoms with E-state index in [1.165, 1.54) is 19.3 Å². The van der Waals surface area contributed by atoms with E-state index in [1.54, 1.807) is 0 Å². The summed E-state index contributed by atoms with van der Waals surface area (Å²) in [5.74, 6) is 1.32. The van der Waals surface area contributed by atoms with Gasteiger partial charge in [-0.05, 0) is 18.3 Å². The Hall–Kier alpha value is -0.900. The first-order chi connectivity index (χ1) is 6.68. The highest BCUT2D eigenvalue weighted by atomic mass is 16.4. The number of hydrogen-bond donors (Lipinski definition) is 1. The molecule has 1 heterocycles. The van der Waals surface area contributed by atoms with Gasteiger partial charge in [-0.3, -0.25) is 0 Å². The molecule has 4 heteroatoms. The molecule has 14 heavy (non-hydrogen) atoms. The monoisotopic (exact) mass is 195 g/mol. The molecular formula is C10H17N3O. The number of hydrogen-bond acceptors (Lipinski definition) is 4. The Morgan fingerprint density at radius 3 is 2.71 bits per heavy atom. The summed E-state index contributed by atoms with van der Waals surface area (Å²) in [4.78, 5) is 0. The quantitative estimate of drug-likeness (QED) is 0.793. The molecule has 0 bridgehead atoms. The van der Waals surface area contributed by atoms with Crippen LogP contribution in [0.1, 0.15) is 38.0 Å². The van der Waals surface area contributed by atoms with E-state index >= 15 is 0 Å². The zero-order chi connectivity index (χ0) is 10.0. The summed E-state index contributed by atoms with van der Waals surface area (Å²) in [6, 6.07) is 0. The van der Waals surface area contributed by atoms with Crippen molar-refractivity contribution in [2.24, 2.45) is 5.41 Å². The molecule has 0 saturated heterocycles. The number of aromatic nitrogens is 2. The van der Waals surface area contributed by atoms with Crippen LogP contribution in [-0.2, 0) is 6.54 Å². The third kappa shape index (κ3) is 2.12. The third-order valence-corrected chi connectivity index (χ3v) is 2.96. The van der Waals surface area contributed by atoms with Gasteiger partial charge in [0.1, 0.15) is 0 Å². The first-order valence-electron chi connectivity index (χ1n) is 5.18. The van der Waals surface area contributed by atoms with Gasteiger partial charge in [-0.15, -0.1) is 10.2 Å². The topological polar surface area (TPSA) is 51.0 Å². The summed E-state index contributed by atoms with van der Waals surface area (Å²) in [7, 11) is 0. The molecule has 0 aromatic carbocycles. The van der Waals surface area contributed by atoms with Gasteiger partial charge in [0.15, 0.2) is 0 Å². The normalized spacial score (nSPS) is 19.3. The second kappa shape index (κ2) is 3.69. The first-order valence-corrected chi connectivity index (χ1v) is 5.18. The second-order valence-electron chi connectivity index (χ2n) is 4.48. The van der Waals surface area contributed by atoms with E-state index in [9.17, 15) is 0 Å². The van der Waals surface area contributed by atoms with E-state index in [4.69, 9.17) is 4.42 Å². The molecule has 1 aromatic heterocycles. The highest BCUT2D eigenvalue weighted by Crippen LogP contribution is 2.39. The average Bonchev–Trinajstić information content (AvgIpc) is 2.49. The van der Waals surface area contributed by atoms with E-state index in [1.807, 2.05) is 6.92 Å². The molecular weight excluding hydrogens is 178 g/mol. The third-order valence-electron chi connectivity index (χ3n) is 2.96. The van der Waals surface area contributed by atoms with Crippen LogP contribution in [0.3, 0.4) is 0 Å². The van der Waals surface area contributed by atoms with Gasteiger partial charge in [-0.25, -0.2) is 0 Å². The molecule has 1 fully saturated rings. The van der Waals surface area contributed by atoms with E-state index in [0.29, 0.717) is 23.7 Å². The molecule has 1 aromatic rings. The van der Waals surface area contributed by atoms with Gasteiger partial charge in [0, 0.05) is 13.5 Å². The molecule has 0 atom stereocenters. The van der Waals surface area contributed by atoms with Crippen molar-refractivity contribution < 1.29 is 4.42 Å². The Morgan fingerprint density at radius 1 is 1.43 bits per heavy atom. The maximum Gasteiger partial charge on any atom is 0.230 e. The molecule has 4 nitrogen and oxygen atoms in total. The van der Waals surface area contributed by atoms with Crippen molar-refractivity contribution in [1.82, 2.24) is 15.5 Å². The molecule has 0 unspecified atom stereocenters. The zero-order valence-electron chi connectivity index (χ0n) is 8.84. The summed E-state index contributed by atoms with van der Waals surface area (Å²) in [6.07, 6.45) is 4.05. The average molecular weight is 195 g/mol. The summed E-state index contributed by atoms with van der Waals surface area (Å²) in [6.45, 7) is 5.87. The van der Waals surface area contributed by atoms with Crippen LogP contribution in [0.4, 0.5) is 0 Å². The van der Waals surface area contributed by atoms with Crippen molar-refractivity contribution in [2.45, 2.75) is 39.7 Å². The molecule has 1 saturated carbocycles. The molecule has 0 spiro atoms. The molecule has 0 radical (unpaired) electrons. The summed E-state index contributed by atoms with van der Waals surface area (Å²) in [5.41, 5.74) is 0.509. The lowest BCUT2D eigenvalue weighted by Crippen LogP contribution is -2.37. The fraction of sp³-hybridized carbons (Fsp3) is 0.800. The van der Waals surface area contributed by atoms with Crippen molar-refractivity contribution in [3.63, 3.8) is 0 Å². The van der Waals surface area contributed by atoms with Crippen molar-refractivity contribution in [2.75, 3.05) is 6.54 Å². The number of nitrogens with zero attached hydrogens (tertiary/aromatic N) is 2. The van der Waals surface area contributed by atoms with Crippen LogP contribution in [0, 0.1) is 12.3 Å². The molecule has 0 aliphatic heterocycles. The van der Waals surface area contributed by atoms with Gasteiger partial charge in [-0.1, -0.05) is 13.3 Å². The number of rotatable bonds is 4. The van der Waals surface area contributed by atoms with E-state index in [0.717, 1.165) is 6.54 Å². The predicted octanol–water partition coefficient (Wildman–Crippen LogP) is 1.66. The lowest BCUT2D eigenvalue weighted by Gasteiger charge is -2.38. The first kappa shape index (κ1) is 9.65. The number of aryl methyl sites for hydroxylation is 1.